The average molecular weight is 280 g/mol. The van der Waals surface area contributed by atoms with E-state index in [1.807, 2.05) is 0 Å². The number of carbonyl (C=O) groups is 1. The quantitative estimate of drug-likeness (QED) is 0.592. The highest BCUT2D eigenvalue weighted by Gasteiger charge is 2.20. The van der Waals surface area contributed by atoms with Gasteiger partial charge in [0.15, 0.2) is 11.5 Å². The molecule has 0 bridgehead atoms. The number of amides is 1. The predicted molar refractivity (Wildman–Crippen MR) is 73.4 cm³/mol. The smallest absolute Gasteiger partial charge is 0.237 e. The summed E-state index contributed by atoms with van der Waals surface area (Å²) in [4.78, 5) is 12.0. The van der Waals surface area contributed by atoms with Crippen molar-refractivity contribution >= 4 is 5.91 Å². The van der Waals surface area contributed by atoms with Crippen LogP contribution in [-0.2, 0) is 16.0 Å². The van der Waals surface area contributed by atoms with Crippen LogP contribution in [0, 0.1) is 0 Å². The van der Waals surface area contributed by atoms with Crippen LogP contribution in [0.15, 0.2) is 18.2 Å². The normalized spacial score (nSPS) is 20.4. The second kappa shape index (κ2) is 6.58. The molecule has 0 aliphatic carbocycles. The van der Waals surface area contributed by atoms with E-state index in [0.717, 1.165) is 19.4 Å². The standard InChI is InChI=1S/C14H20N2O4/c15-11(6-9-3-4-12(17)13(18)7-9)14(19)16-10-2-1-5-20-8-10/h3-4,7,10-11,17-18H,1-2,5-6,8,15H2,(H,16,19)/t10?,11-/m0/s1. The van der Waals surface area contributed by atoms with Crippen LogP contribution < -0.4 is 11.1 Å². The molecular weight excluding hydrogens is 260 g/mol. The molecule has 0 saturated carbocycles. The zero-order chi connectivity index (χ0) is 14.5. The van der Waals surface area contributed by atoms with Crippen molar-refractivity contribution in [3.63, 3.8) is 0 Å². The molecule has 6 heteroatoms. The number of phenols is 2. The SMILES string of the molecule is N[C@@H](Cc1ccc(O)c(O)c1)C(=O)NC1CCCOC1. The Balaban J connectivity index is 1.88. The Morgan fingerprint density at radius 1 is 1.45 bits per heavy atom. The van der Waals surface area contributed by atoms with Gasteiger partial charge < -0.3 is 26.0 Å². The zero-order valence-electron chi connectivity index (χ0n) is 11.2. The predicted octanol–water partition coefficient (Wildman–Crippen LogP) is 0.263. The van der Waals surface area contributed by atoms with Gasteiger partial charge in [0.2, 0.25) is 5.91 Å². The van der Waals surface area contributed by atoms with E-state index in [4.69, 9.17) is 10.5 Å². The zero-order valence-corrected chi connectivity index (χ0v) is 11.2. The van der Waals surface area contributed by atoms with Gasteiger partial charge in [0.1, 0.15) is 0 Å². The van der Waals surface area contributed by atoms with E-state index in [1.54, 1.807) is 6.07 Å². The second-order valence-corrected chi connectivity index (χ2v) is 5.06. The highest BCUT2D eigenvalue weighted by Crippen LogP contribution is 2.25. The van der Waals surface area contributed by atoms with Crippen LogP contribution in [-0.4, -0.2) is 41.4 Å². The van der Waals surface area contributed by atoms with E-state index >= 15 is 0 Å². The molecule has 1 heterocycles. The number of nitrogens with one attached hydrogen (secondary N) is 1. The third-order valence-corrected chi connectivity index (χ3v) is 3.34. The maximum absolute atomic E-state index is 12.0. The molecule has 110 valence electrons. The molecule has 5 N–H and O–H groups in total. The van der Waals surface area contributed by atoms with Crippen LogP contribution in [0.2, 0.25) is 0 Å². The number of rotatable bonds is 4. The molecule has 0 radical (unpaired) electrons. The first kappa shape index (κ1) is 14.6. The Hall–Kier alpha value is -1.79. The molecule has 2 rings (SSSR count). The van der Waals surface area contributed by atoms with E-state index in [9.17, 15) is 15.0 Å². The number of aromatic hydroxyl groups is 2. The number of hydrogen-bond acceptors (Lipinski definition) is 5. The molecule has 0 spiro atoms. The summed E-state index contributed by atoms with van der Waals surface area (Å²) in [5.41, 5.74) is 6.55. The summed E-state index contributed by atoms with van der Waals surface area (Å²) in [5.74, 6) is -0.630. The highest BCUT2D eigenvalue weighted by molar-refractivity contribution is 5.82. The lowest BCUT2D eigenvalue weighted by atomic mass is 10.0. The molecule has 0 aromatic heterocycles. The molecule has 2 atom stereocenters. The van der Waals surface area contributed by atoms with Gasteiger partial charge in [0.05, 0.1) is 18.7 Å². The van der Waals surface area contributed by atoms with Crippen molar-refractivity contribution in [1.29, 1.82) is 0 Å². The van der Waals surface area contributed by atoms with Crippen molar-refractivity contribution in [3.05, 3.63) is 23.8 Å². The summed E-state index contributed by atoms with van der Waals surface area (Å²) >= 11 is 0. The molecule has 1 fully saturated rings. The molecule has 1 unspecified atom stereocenters. The summed E-state index contributed by atoms with van der Waals surface area (Å²) < 4.78 is 5.29. The summed E-state index contributed by atoms with van der Waals surface area (Å²) in [6, 6.07) is 3.75. The summed E-state index contributed by atoms with van der Waals surface area (Å²) in [7, 11) is 0. The molecule has 1 aromatic carbocycles. The van der Waals surface area contributed by atoms with Crippen LogP contribution >= 0.6 is 0 Å². The summed E-state index contributed by atoms with van der Waals surface area (Å²) in [6.07, 6.45) is 2.14. The van der Waals surface area contributed by atoms with Crippen LogP contribution in [0.3, 0.4) is 0 Å². The summed E-state index contributed by atoms with van der Waals surface area (Å²) in [5, 5.41) is 21.5. The van der Waals surface area contributed by atoms with Gasteiger partial charge >= 0.3 is 0 Å². The summed E-state index contributed by atoms with van der Waals surface area (Å²) in [6.45, 7) is 1.27. The first-order valence-electron chi connectivity index (χ1n) is 6.71. The lowest BCUT2D eigenvalue weighted by molar-refractivity contribution is -0.124. The van der Waals surface area contributed by atoms with Gasteiger partial charge in [0, 0.05) is 6.61 Å². The van der Waals surface area contributed by atoms with Crippen molar-refractivity contribution in [2.45, 2.75) is 31.3 Å². The van der Waals surface area contributed by atoms with Crippen molar-refractivity contribution < 1.29 is 19.7 Å². The van der Waals surface area contributed by atoms with Gasteiger partial charge in [-0.2, -0.15) is 0 Å². The monoisotopic (exact) mass is 280 g/mol. The van der Waals surface area contributed by atoms with E-state index in [-0.39, 0.29) is 23.4 Å². The second-order valence-electron chi connectivity index (χ2n) is 5.06. The fourth-order valence-electron chi connectivity index (χ4n) is 2.21. The van der Waals surface area contributed by atoms with Crippen LogP contribution in [0.5, 0.6) is 11.5 Å². The maximum Gasteiger partial charge on any atom is 0.237 e. The van der Waals surface area contributed by atoms with Crippen LogP contribution in [0.1, 0.15) is 18.4 Å². The number of carbonyl (C=O) groups excluding carboxylic acids is 1. The number of ether oxygens (including phenoxy) is 1. The molecule has 6 nitrogen and oxygen atoms in total. The minimum absolute atomic E-state index is 0.0236. The Kier molecular flexibility index (Phi) is 4.81. The molecule has 20 heavy (non-hydrogen) atoms. The number of nitrogens with two attached hydrogens (primary N) is 1. The Morgan fingerprint density at radius 2 is 2.25 bits per heavy atom. The maximum atomic E-state index is 12.0. The number of benzene rings is 1. The van der Waals surface area contributed by atoms with Crippen molar-refractivity contribution in [1.82, 2.24) is 5.32 Å². The third kappa shape index (κ3) is 3.85. The van der Waals surface area contributed by atoms with Crippen molar-refractivity contribution in [2.24, 2.45) is 5.73 Å². The van der Waals surface area contributed by atoms with E-state index < -0.39 is 6.04 Å². The molecule has 1 saturated heterocycles. The Morgan fingerprint density at radius 3 is 2.90 bits per heavy atom. The lowest BCUT2D eigenvalue weighted by Crippen LogP contribution is -2.48. The van der Waals surface area contributed by atoms with Gasteiger partial charge in [-0.05, 0) is 37.0 Å². The molecule has 1 amide bonds. The molecule has 1 aromatic rings. The van der Waals surface area contributed by atoms with Crippen molar-refractivity contribution in [3.8, 4) is 11.5 Å². The average Bonchev–Trinajstić information content (AvgIpc) is 2.44. The third-order valence-electron chi connectivity index (χ3n) is 3.34. The van der Waals surface area contributed by atoms with Gasteiger partial charge in [0.25, 0.3) is 0 Å². The minimum Gasteiger partial charge on any atom is -0.504 e. The van der Waals surface area contributed by atoms with E-state index in [0.29, 0.717) is 18.6 Å². The molecule has 1 aliphatic rings. The molecule has 1 aliphatic heterocycles. The number of hydrogen-bond donors (Lipinski definition) is 4. The van der Waals surface area contributed by atoms with E-state index in [1.165, 1.54) is 12.1 Å². The number of phenolic OH excluding ortho intramolecular Hbond substituents is 2. The fourth-order valence-corrected chi connectivity index (χ4v) is 2.21. The largest absolute Gasteiger partial charge is 0.504 e. The van der Waals surface area contributed by atoms with Gasteiger partial charge in [-0.15, -0.1) is 0 Å². The van der Waals surface area contributed by atoms with E-state index in [2.05, 4.69) is 5.32 Å². The Bertz CT molecular complexity index is 472. The molecular formula is C14H20N2O4. The first-order chi connectivity index (χ1) is 9.56. The highest BCUT2D eigenvalue weighted by atomic mass is 16.5. The minimum atomic E-state index is -0.694. The van der Waals surface area contributed by atoms with Gasteiger partial charge in [-0.1, -0.05) is 6.07 Å². The topological polar surface area (TPSA) is 105 Å². The van der Waals surface area contributed by atoms with Crippen molar-refractivity contribution in [2.75, 3.05) is 13.2 Å². The van der Waals surface area contributed by atoms with Crippen LogP contribution in [0.4, 0.5) is 0 Å². The van der Waals surface area contributed by atoms with Gasteiger partial charge in [-0.3, -0.25) is 4.79 Å². The van der Waals surface area contributed by atoms with Crippen LogP contribution in [0.25, 0.3) is 0 Å². The fraction of sp³-hybridized carbons (Fsp3) is 0.500. The Labute approximate surface area is 117 Å². The van der Waals surface area contributed by atoms with Gasteiger partial charge in [-0.25, -0.2) is 0 Å². The lowest BCUT2D eigenvalue weighted by Gasteiger charge is -2.24. The first-order valence-corrected chi connectivity index (χ1v) is 6.71.